The number of amides is 2. The van der Waals surface area contributed by atoms with E-state index >= 15 is 0 Å². The van der Waals surface area contributed by atoms with Gasteiger partial charge in [-0.2, -0.15) is 0 Å². The predicted octanol–water partition coefficient (Wildman–Crippen LogP) is 3.57. The number of anilines is 2. The SMILES string of the molecule is CC(=O)c1ccc(NC(=O)C2CCC(C(=O)Nc3cc(C)on3)CC2)cc1. The van der Waals surface area contributed by atoms with Crippen molar-refractivity contribution < 1.29 is 18.9 Å². The number of nitrogens with zero attached hydrogens (tertiary/aromatic N) is 1. The van der Waals surface area contributed by atoms with Gasteiger partial charge in [-0.1, -0.05) is 5.16 Å². The van der Waals surface area contributed by atoms with Gasteiger partial charge in [0.15, 0.2) is 11.6 Å². The van der Waals surface area contributed by atoms with Crippen LogP contribution in [0.15, 0.2) is 34.9 Å². The third-order valence-corrected chi connectivity index (χ3v) is 4.91. The summed E-state index contributed by atoms with van der Waals surface area (Å²) in [5, 5.41) is 9.42. The largest absolute Gasteiger partial charge is 0.360 e. The Morgan fingerprint density at radius 1 is 0.963 bits per heavy atom. The molecule has 1 fully saturated rings. The number of benzene rings is 1. The molecule has 1 aromatic carbocycles. The third kappa shape index (κ3) is 4.81. The van der Waals surface area contributed by atoms with Crippen LogP contribution in [0.5, 0.6) is 0 Å². The van der Waals surface area contributed by atoms with E-state index in [1.807, 2.05) is 0 Å². The first-order valence-electron chi connectivity index (χ1n) is 9.08. The Morgan fingerprint density at radius 2 is 1.52 bits per heavy atom. The number of aryl methyl sites for hydroxylation is 1. The number of aromatic nitrogens is 1. The van der Waals surface area contributed by atoms with Gasteiger partial charge >= 0.3 is 0 Å². The number of carbonyl (C=O) groups excluding carboxylic acids is 3. The summed E-state index contributed by atoms with van der Waals surface area (Å²) in [5.41, 5.74) is 1.29. The highest BCUT2D eigenvalue weighted by Gasteiger charge is 2.30. The first kappa shape index (κ1) is 18.8. The van der Waals surface area contributed by atoms with Gasteiger partial charge in [-0.3, -0.25) is 14.4 Å². The predicted molar refractivity (Wildman–Crippen MR) is 100 cm³/mol. The maximum Gasteiger partial charge on any atom is 0.228 e. The normalized spacial score (nSPS) is 19.3. The standard InChI is InChI=1S/C20H23N3O4/c1-12-11-18(23-27-12)22-20(26)16-5-3-15(4-6-16)19(25)21-17-9-7-14(8-10-17)13(2)24/h7-11,15-16H,3-6H2,1-2H3,(H,21,25)(H,22,23,26). The van der Waals surface area contributed by atoms with E-state index in [0.717, 1.165) is 0 Å². The zero-order chi connectivity index (χ0) is 19.4. The summed E-state index contributed by atoms with van der Waals surface area (Å²) in [4.78, 5) is 36.1. The zero-order valence-corrected chi connectivity index (χ0v) is 15.5. The van der Waals surface area contributed by atoms with Gasteiger partial charge in [-0.05, 0) is 63.8 Å². The molecule has 0 saturated heterocycles. The molecule has 0 unspecified atom stereocenters. The summed E-state index contributed by atoms with van der Waals surface area (Å²) in [6.07, 6.45) is 2.63. The molecule has 0 spiro atoms. The molecule has 7 heteroatoms. The quantitative estimate of drug-likeness (QED) is 0.785. The molecule has 1 aliphatic carbocycles. The van der Waals surface area contributed by atoms with Gasteiger partial charge in [-0.15, -0.1) is 0 Å². The van der Waals surface area contributed by atoms with Crippen LogP contribution in [0, 0.1) is 18.8 Å². The molecule has 142 valence electrons. The molecule has 2 aromatic rings. The van der Waals surface area contributed by atoms with Crippen molar-refractivity contribution in [3.05, 3.63) is 41.7 Å². The van der Waals surface area contributed by atoms with Crippen LogP contribution in [0.2, 0.25) is 0 Å². The maximum absolute atomic E-state index is 12.5. The van der Waals surface area contributed by atoms with E-state index in [2.05, 4.69) is 15.8 Å². The van der Waals surface area contributed by atoms with Crippen molar-refractivity contribution in [3.8, 4) is 0 Å². The minimum atomic E-state index is -0.124. The van der Waals surface area contributed by atoms with Gasteiger partial charge in [0.2, 0.25) is 11.8 Å². The van der Waals surface area contributed by atoms with Crippen LogP contribution in [0.25, 0.3) is 0 Å². The van der Waals surface area contributed by atoms with Crippen molar-refractivity contribution in [3.63, 3.8) is 0 Å². The van der Waals surface area contributed by atoms with Gasteiger partial charge in [-0.25, -0.2) is 0 Å². The molecule has 1 saturated carbocycles. The van der Waals surface area contributed by atoms with Crippen LogP contribution in [-0.2, 0) is 9.59 Å². The lowest BCUT2D eigenvalue weighted by Gasteiger charge is -2.26. The number of Topliss-reactive ketones (excluding diaryl/α,β-unsaturated/α-hetero) is 1. The summed E-state index contributed by atoms with van der Waals surface area (Å²) < 4.78 is 4.94. The Bertz CT molecular complexity index is 833. The lowest BCUT2D eigenvalue weighted by Crippen LogP contribution is -2.32. The Labute approximate surface area is 157 Å². The van der Waals surface area contributed by atoms with Crippen LogP contribution in [0.4, 0.5) is 11.5 Å². The van der Waals surface area contributed by atoms with Crippen molar-refractivity contribution in [2.24, 2.45) is 11.8 Å². The topological polar surface area (TPSA) is 101 Å². The average molecular weight is 369 g/mol. The molecule has 7 nitrogen and oxygen atoms in total. The van der Waals surface area contributed by atoms with E-state index in [1.54, 1.807) is 37.3 Å². The average Bonchev–Trinajstić information content (AvgIpc) is 3.07. The van der Waals surface area contributed by atoms with E-state index in [0.29, 0.717) is 48.5 Å². The summed E-state index contributed by atoms with van der Waals surface area (Å²) in [5.74, 6) is 0.689. The minimum absolute atomic E-state index is 0.00902. The fraction of sp³-hybridized carbons (Fsp3) is 0.400. The number of hydrogen-bond acceptors (Lipinski definition) is 5. The number of hydrogen-bond donors (Lipinski definition) is 2. The molecular weight excluding hydrogens is 346 g/mol. The van der Waals surface area contributed by atoms with E-state index in [9.17, 15) is 14.4 Å². The van der Waals surface area contributed by atoms with Crippen LogP contribution >= 0.6 is 0 Å². The fourth-order valence-electron chi connectivity index (χ4n) is 3.30. The molecule has 3 rings (SSSR count). The first-order chi connectivity index (χ1) is 12.9. The van der Waals surface area contributed by atoms with E-state index in [1.165, 1.54) is 6.92 Å². The second-order valence-electron chi connectivity index (χ2n) is 6.98. The lowest BCUT2D eigenvalue weighted by molar-refractivity contribution is -0.125. The molecule has 1 aromatic heterocycles. The molecule has 0 bridgehead atoms. The Hall–Kier alpha value is -2.96. The van der Waals surface area contributed by atoms with E-state index < -0.39 is 0 Å². The van der Waals surface area contributed by atoms with Gasteiger partial charge in [0.25, 0.3) is 0 Å². The third-order valence-electron chi connectivity index (χ3n) is 4.91. The number of nitrogens with one attached hydrogen (secondary N) is 2. The van der Waals surface area contributed by atoms with Gasteiger partial charge in [0.05, 0.1) is 0 Å². The highest BCUT2D eigenvalue weighted by Crippen LogP contribution is 2.30. The highest BCUT2D eigenvalue weighted by molar-refractivity contribution is 5.96. The zero-order valence-electron chi connectivity index (χ0n) is 15.5. The molecular formula is C20H23N3O4. The van der Waals surface area contributed by atoms with Crippen LogP contribution in [0.3, 0.4) is 0 Å². The van der Waals surface area contributed by atoms with E-state index in [-0.39, 0.29) is 29.4 Å². The maximum atomic E-state index is 12.5. The molecule has 27 heavy (non-hydrogen) atoms. The van der Waals surface area contributed by atoms with Crippen molar-refractivity contribution >= 4 is 29.1 Å². The summed E-state index contributed by atoms with van der Waals surface area (Å²) >= 11 is 0. The molecule has 2 N–H and O–H groups in total. The fourth-order valence-corrected chi connectivity index (χ4v) is 3.30. The minimum Gasteiger partial charge on any atom is -0.360 e. The smallest absolute Gasteiger partial charge is 0.228 e. The van der Waals surface area contributed by atoms with Crippen molar-refractivity contribution in [1.82, 2.24) is 5.16 Å². The second kappa shape index (κ2) is 8.16. The monoisotopic (exact) mass is 369 g/mol. The molecule has 1 heterocycles. The number of carbonyl (C=O) groups is 3. The lowest BCUT2D eigenvalue weighted by atomic mass is 9.81. The molecule has 1 aliphatic rings. The van der Waals surface area contributed by atoms with Gasteiger partial charge in [0, 0.05) is 29.2 Å². The van der Waals surface area contributed by atoms with Crippen molar-refractivity contribution in [2.75, 3.05) is 10.6 Å². The number of rotatable bonds is 5. The highest BCUT2D eigenvalue weighted by atomic mass is 16.5. The first-order valence-corrected chi connectivity index (χ1v) is 9.08. The molecule has 0 atom stereocenters. The molecule has 0 radical (unpaired) electrons. The second-order valence-corrected chi connectivity index (χ2v) is 6.98. The van der Waals surface area contributed by atoms with Crippen LogP contribution in [0.1, 0.15) is 48.7 Å². The molecule has 2 amide bonds. The Kier molecular flexibility index (Phi) is 5.69. The number of ketones is 1. The summed E-state index contributed by atoms with van der Waals surface area (Å²) in [6.45, 7) is 3.27. The van der Waals surface area contributed by atoms with Crippen LogP contribution < -0.4 is 10.6 Å². The van der Waals surface area contributed by atoms with Gasteiger partial charge < -0.3 is 15.2 Å². The van der Waals surface area contributed by atoms with E-state index in [4.69, 9.17) is 4.52 Å². The Balaban J connectivity index is 1.48. The summed E-state index contributed by atoms with van der Waals surface area (Å²) in [7, 11) is 0. The summed E-state index contributed by atoms with van der Waals surface area (Å²) in [6, 6.07) is 8.53. The molecule has 0 aliphatic heterocycles. The Morgan fingerprint density at radius 3 is 2.00 bits per heavy atom. The van der Waals surface area contributed by atoms with Crippen molar-refractivity contribution in [2.45, 2.75) is 39.5 Å². The van der Waals surface area contributed by atoms with Crippen LogP contribution in [-0.4, -0.2) is 22.8 Å². The van der Waals surface area contributed by atoms with Gasteiger partial charge in [0.1, 0.15) is 5.76 Å². The van der Waals surface area contributed by atoms with Crippen molar-refractivity contribution in [1.29, 1.82) is 0 Å².